The van der Waals surface area contributed by atoms with Crippen molar-refractivity contribution in [3.05, 3.63) is 35.4 Å². The third-order valence-electron chi connectivity index (χ3n) is 3.80. The molecule has 2 N–H and O–H groups in total. The highest BCUT2D eigenvalue weighted by Crippen LogP contribution is 2.18. The molecule has 1 aromatic carbocycles. The fourth-order valence-electron chi connectivity index (χ4n) is 2.79. The number of piperidine rings is 1. The minimum absolute atomic E-state index is 0.0339. The van der Waals surface area contributed by atoms with Gasteiger partial charge in [-0.05, 0) is 49.5 Å². The Bertz CT molecular complexity index is 507. The molecule has 5 heteroatoms. The minimum atomic E-state index is -0.805. The second-order valence-electron chi connectivity index (χ2n) is 5.58. The first kappa shape index (κ1) is 15.5. The molecule has 0 aromatic heterocycles. The van der Waals surface area contributed by atoms with Crippen molar-refractivity contribution < 1.29 is 9.90 Å². The van der Waals surface area contributed by atoms with Gasteiger partial charge in [0.2, 0.25) is 0 Å². The molecular weight excluding hydrogens is 266 g/mol. The number of carbonyl (C=O) groups is 1. The summed E-state index contributed by atoms with van der Waals surface area (Å²) in [6.07, 6.45) is 2.30. The molecule has 0 radical (unpaired) electrons. The maximum atomic E-state index is 10.5. The molecule has 1 aromatic rings. The Morgan fingerprint density at radius 1 is 1.43 bits per heavy atom. The zero-order valence-corrected chi connectivity index (χ0v) is 12.1. The van der Waals surface area contributed by atoms with Crippen molar-refractivity contribution in [2.45, 2.75) is 19.4 Å². The Kier molecular flexibility index (Phi) is 5.73. The summed E-state index contributed by atoms with van der Waals surface area (Å²) in [6, 6.07) is 9.84. The first-order chi connectivity index (χ1) is 10.2. The van der Waals surface area contributed by atoms with E-state index in [1.54, 1.807) is 0 Å². The average molecular weight is 287 g/mol. The summed E-state index contributed by atoms with van der Waals surface area (Å²) in [5.74, 6) is -0.295. The molecule has 0 aliphatic carbocycles. The van der Waals surface area contributed by atoms with E-state index in [9.17, 15) is 4.79 Å². The highest BCUT2D eigenvalue weighted by atomic mass is 16.4. The molecule has 0 amide bonds. The molecule has 1 fully saturated rings. The lowest BCUT2D eigenvalue weighted by molar-refractivity contribution is -0.136. The van der Waals surface area contributed by atoms with Crippen LogP contribution in [0.2, 0.25) is 0 Å². The van der Waals surface area contributed by atoms with Crippen LogP contribution in [0, 0.1) is 17.2 Å². The average Bonchev–Trinajstić information content (AvgIpc) is 2.48. The van der Waals surface area contributed by atoms with Crippen molar-refractivity contribution in [2.24, 2.45) is 5.92 Å². The molecule has 1 heterocycles. The molecule has 1 aliphatic heterocycles. The van der Waals surface area contributed by atoms with E-state index in [0.29, 0.717) is 11.5 Å². The van der Waals surface area contributed by atoms with Crippen molar-refractivity contribution in [1.82, 2.24) is 10.2 Å². The van der Waals surface area contributed by atoms with Gasteiger partial charge in [0.25, 0.3) is 0 Å². The van der Waals surface area contributed by atoms with Crippen molar-refractivity contribution >= 4 is 5.97 Å². The van der Waals surface area contributed by atoms with Gasteiger partial charge >= 0.3 is 5.97 Å². The lowest BCUT2D eigenvalue weighted by Crippen LogP contribution is -2.40. The molecule has 0 saturated carbocycles. The second kappa shape index (κ2) is 7.77. The summed E-state index contributed by atoms with van der Waals surface area (Å²) < 4.78 is 0. The summed E-state index contributed by atoms with van der Waals surface area (Å²) in [7, 11) is 0. The third kappa shape index (κ3) is 5.18. The van der Waals surface area contributed by atoms with Crippen LogP contribution in [0.15, 0.2) is 24.3 Å². The fourth-order valence-corrected chi connectivity index (χ4v) is 2.79. The number of hydrogen-bond acceptors (Lipinski definition) is 4. The van der Waals surface area contributed by atoms with Crippen LogP contribution >= 0.6 is 0 Å². The van der Waals surface area contributed by atoms with Crippen LogP contribution in [0.3, 0.4) is 0 Å². The maximum Gasteiger partial charge on any atom is 0.317 e. The van der Waals surface area contributed by atoms with Gasteiger partial charge in [-0.25, -0.2) is 0 Å². The maximum absolute atomic E-state index is 10.5. The van der Waals surface area contributed by atoms with Gasteiger partial charge in [-0.15, -0.1) is 0 Å². The number of carboxylic acid groups (broad SMARTS) is 1. The fraction of sp³-hybridized carbons (Fsp3) is 0.500. The molecular formula is C16H21N3O2. The van der Waals surface area contributed by atoms with Gasteiger partial charge in [0, 0.05) is 13.1 Å². The van der Waals surface area contributed by atoms with E-state index < -0.39 is 5.97 Å². The van der Waals surface area contributed by atoms with E-state index in [0.717, 1.165) is 39.0 Å². The van der Waals surface area contributed by atoms with E-state index in [-0.39, 0.29) is 6.54 Å². The van der Waals surface area contributed by atoms with Crippen LogP contribution in [0.5, 0.6) is 0 Å². The Balaban J connectivity index is 1.80. The number of benzene rings is 1. The molecule has 5 nitrogen and oxygen atoms in total. The number of nitriles is 1. The summed E-state index contributed by atoms with van der Waals surface area (Å²) in [5, 5.41) is 20.4. The molecule has 1 saturated heterocycles. The van der Waals surface area contributed by atoms with Crippen molar-refractivity contribution in [3.8, 4) is 6.07 Å². The summed E-state index contributed by atoms with van der Waals surface area (Å²) >= 11 is 0. The van der Waals surface area contributed by atoms with Gasteiger partial charge in [0.1, 0.15) is 0 Å². The Morgan fingerprint density at radius 3 is 2.86 bits per heavy atom. The largest absolute Gasteiger partial charge is 0.480 e. The van der Waals surface area contributed by atoms with E-state index >= 15 is 0 Å². The zero-order valence-electron chi connectivity index (χ0n) is 12.1. The molecule has 0 bridgehead atoms. The van der Waals surface area contributed by atoms with E-state index in [1.165, 1.54) is 5.56 Å². The van der Waals surface area contributed by atoms with Crippen LogP contribution < -0.4 is 5.32 Å². The van der Waals surface area contributed by atoms with Crippen LogP contribution in [-0.4, -0.2) is 42.2 Å². The normalized spacial score (nSPS) is 19.1. The molecule has 1 aliphatic rings. The summed E-state index contributed by atoms with van der Waals surface area (Å²) in [5.41, 5.74) is 1.90. The number of hydrogen-bond donors (Lipinski definition) is 2. The number of likely N-dealkylation sites (tertiary alicyclic amines) is 1. The second-order valence-corrected chi connectivity index (χ2v) is 5.58. The quantitative estimate of drug-likeness (QED) is 0.828. The molecule has 112 valence electrons. The number of carboxylic acids is 1. The predicted octanol–water partition coefficient (Wildman–Crippen LogP) is 1.44. The van der Waals surface area contributed by atoms with Crippen LogP contribution in [0.1, 0.15) is 24.0 Å². The third-order valence-corrected chi connectivity index (χ3v) is 3.80. The number of rotatable bonds is 6. The van der Waals surface area contributed by atoms with Gasteiger partial charge in [-0.3, -0.25) is 9.69 Å². The van der Waals surface area contributed by atoms with Gasteiger partial charge in [0.05, 0.1) is 18.2 Å². The van der Waals surface area contributed by atoms with Crippen molar-refractivity contribution in [3.63, 3.8) is 0 Å². The lowest BCUT2D eigenvalue weighted by Gasteiger charge is -2.32. The first-order valence-corrected chi connectivity index (χ1v) is 7.31. The topological polar surface area (TPSA) is 76.4 Å². The van der Waals surface area contributed by atoms with Crippen LogP contribution in [0.25, 0.3) is 0 Å². The predicted molar refractivity (Wildman–Crippen MR) is 79.7 cm³/mol. The monoisotopic (exact) mass is 287 g/mol. The summed E-state index contributed by atoms with van der Waals surface area (Å²) in [4.78, 5) is 12.9. The van der Waals surface area contributed by atoms with Gasteiger partial charge < -0.3 is 10.4 Å². The highest BCUT2D eigenvalue weighted by molar-refractivity contribution is 5.68. The van der Waals surface area contributed by atoms with Crippen LogP contribution in [-0.2, 0) is 11.3 Å². The lowest BCUT2D eigenvalue weighted by atomic mass is 9.97. The Hall–Kier alpha value is -1.90. The van der Waals surface area contributed by atoms with E-state index in [1.807, 2.05) is 24.3 Å². The first-order valence-electron chi connectivity index (χ1n) is 7.31. The number of nitrogens with zero attached hydrogens (tertiary/aromatic N) is 2. The Morgan fingerprint density at radius 2 is 2.19 bits per heavy atom. The van der Waals surface area contributed by atoms with Crippen molar-refractivity contribution in [2.75, 3.05) is 26.2 Å². The molecule has 2 rings (SSSR count). The zero-order chi connectivity index (χ0) is 15.1. The smallest absolute Gasteiger partial charge is 0.317 e. The van der Waals surface area contributed by atoms with E-state index in [2.05, 4.69) is 16.3 Å². The SMILES string of the molecule is N#Cc1ccc(CN2CCCC(CNCC(=O)O)C2)cc1. The molecule has 1 unspecified atom stereocenters. The molecule has 21 heavy (non-hydrogen) atoms. The standard InChI is InChI=1S/C16H21N3O2/c17-8-13-3-5-14(6-4-13)11-19-7-1-2-15(12-19)9-18-10-16(20)21/h3-6,15,18H,1-2,7,9-12H2,(H,20,21). The van der Waals surface area contributed by atoms with Gasteiger partial charge in [-0.2, -0.15) is 5.26 Å². The Labute approximate surface area is 125 Å². The molecule has 1 atom stereocenters. The summed E-state index contributed by atoms with van der Waals surface area (Å²) in [6.45, 7) is 3.76. The highest BCUT2D eigenvalue weighted by Gasteiger charge is 2.19. The van der Waals surface area contributed by atoms with Crippen molar-refractivity contribution in [1.29, 1.82) is 5.26 Å². The van der Waals surface area contributed by atoms with Gasteiger partial charge in [-0.1, -0.05) is 12.1 Å². The number of aliphatic carboxylic acids is 1. The minimum Gasteiger partial charge on any atom is -0.480 e. The van der Waals surface area contributed by atoms with E-state index in [4.69, 9.17) is 10.4 Å². The number of nitrogens with one attached hydrogen (secondary N) is 1. The molecule has 0 spiro atoms. The van der Waals surface area contributed by atoms with Crippen LogP contribution in [0.4, 0.5) is 0 Å². The van der Waals surface area contributed by atoms with Gasteiger partial charge in [0.15, 0.2) is 0 Å².